The first-order valence-corrected chi connectivity index (χ1v) is 10.5. The molecule has 3 aromatic rings. The lowest BCUT2D eigenvalue weighted by Gasteiger charge is -2.14. The third kappa shape index (κ3) is 5.05. The molecule has 3 rings (SSSR count). The Morgan fingerprint density at radius 1 is 1.17 bits per heavy atom. The molecule has 0 saturated heterocycles. The number of para-hydroxylation sites is 1. The Balaban J connectivity index is 1.93. The van der Waals surface area contributed by atoms with E-state index in [-0.39, 0.29) is 17.2 Å². The Bertz CT molecular complexity index is 1080. The highest BCUT2D eigenvalue weighted by Gasteiger charge is 2.15. The standard InChI is InChI=1S/C22H25N3O3S/c1-15-9-10-17(13-16(15)2)25-21(27)18-7-4-5-8-19(18)24-22(25)29-14-20(26)23-11-6-12-28-3/h4-5,7-10,13H,6,11-12,14H2,1-3H3,(H,23,26). The summed E-state index contributed by atoms with van der Waals surface area (Å²) in [5, 5.41) is 3.92. The van der Waals surface area contributed by atoms with Crippen molar-refractivity contribution in [2.24, 2.45) is 0 Å². The molecule has 152 valence electrons. The monoisotopic (exact) mass is 411 g/mol. The smallest absolute Gasteiger partial charge is 0.266 e. The van der Waals surface area contributed by atoms with Crippen molar-refractivity contribution < 1.29 is 9.53 Å². The minimum Gasteiger partial charge on any atom is -0.385 e. The van der Waals surface area contributed by atoms with Crippen molar-refractivity contribution in [1.82, 2.24) is 14.9 Å². The van der Waals surface area contributed by atoms with Gasteiger partial charge in [0.2, 0.25) is 5.91 Å². The summed E-state index contributed by atoms with van der Waals surface area (Å²) in [7, 11) is 1.63. The lowest BCUT2D eigenvalue weighted by molar-refractivity contribution is -0.118. The summed E-state index contributed by atoms with van der Waals surface area (Å²) in [4.78, 5) is 30.1. The van der Waals surface area contributed by atoms with Crippen LogP contribution in [0.2, 0.25) is 0 Å². The molecule has 6 nitrogen and oxygen atoms in total. The molecule has 0 radical (unpaired) electrons. The van der Waals surface area contributed by atoms with E-state index in [1.54, 1.807) is 17.7 Å². The highest BCUT2D eigenvalue weighted by Crippen LogP contribution is 2.22. The van der Waals surface area contributed by atoms with Crippen LogP contribution in [0.1, 0.15) is 17.5 Å². The fourth-order valence-electron chi connectivity index (χ4n) is 2.93. The second kappa shape index (κ2) is 9.71. The van der Waals surface area contributed by atoms with Gasteiger partial charge in [0, 0.05) is 20.3 Å². The summed E-state index contributed by atoms with van der Waals surface area (Å²) in [6.07, 6.45) is 0.758. The van der Waals surface area contributed by atoms with Crippen LogP contribution in [0.4, 0.5) is 0 Å². The minimum absolute atomic E-state index is 0.0971. The second-order valence-electron chi connectivity index (χ2n) is 6.81. The van der Waals surface area contributed by atoms with Gasteiger partial charge in [-0.25, -0.2) is 4.98 Å². The highest BCUT2D eigenvalue weighted by atomic mass is 32.2. The number of methoxy groups -OCH3 is 1. The molecule has 0 saturated carbocycles. The fourth-order valence-corrected chi connectivity index (χ4v) is 3.77. The number of hydrogen-bond donors (Lipinski definition) is 1. The average Bonchev–Trinajstić information content (AvgIpc) is 2.72. The molecule has 1 N–H and O–H groups in total. The van der Waals surface area contributed by atoms with Crippen molar-refractivity contribution in [1.29, 1.82) is 0 Å². The zero-order valence-corrected chi connectivity index (χ0v) is 17.7. The van der Waals surface area contributed by atoms with Gasteiger partial charge in [-0.15, -0.1) is 0 Å². The van der Waals surface area contributed by atoms with E-state index in [4.69, 9.17) is 4.74 Å². The van der Waals surface area contributed by atoms with Crippen LogP contribution in [0, 0.1) is 13.8 Å². The first kappa shape index (κ1) is 21.1. The quantitative estimate of drug-likeness (QED) is 0.350. The van der Waals surface area contributed by atoms with Crippen LogP contribution in [0.25, 0.3) is 16.6 Å². The van der Waals surface area contributed by atoms with Crippen molar-refractivity contribution >= 4 is 28.6 Å². The lowest BCUT2D eigenvalue weighted by Crippen LogP contribution is -2.28. The first-order valence-electron chi connectivity index (χ1n) is 9.49. The zero-order chi connectivity index (χ0) is 20.8. The van der Waals surface area contributed by atoms with E-state index in [2.05, 4.69) is 10.3 Å². The van der Waals surface area contributed by atoms with Crippen LogP contribution < -0.4 is 10.9 Å². The summed E-state index contributed by atoms with van der Waals surface area (Å²) in [6.45, 7) is 5.21. The maximum atomic E-state index is 13.2. The summed E-state index contributed by atoms with van der Waals surface area (Å²) < 4.78 is 6.58. The summed E-state index contributed by atoms with van der Waals surface area (Å²) >= 11 is 1.26. The molecule has 0 aliphatic rings. The van der Waals surface area contributed by atoms with E-state index in [1.807, 2.05) is 50.2 Å². The Morgan fingerprint density at radius 2 is 1.97 bits per heavy atom. The third-order valence-corrected chi connectivity index (χ3v) is 5.61. The molecule has 29 heavy (non-hydrogen) atoms. The van der Waals surface area contributed by atoms with E-state index in [9.17, 15) is 9.59 Å². The molecule has 0 bridgehead atoms. The van der Waals surface area contributed by atoms with E-state index < -0.39 is 0 Å². The number of amides is 1. The van der Waals surface area contributed by atoms with Crippen LogP contribution in [0.3, 0.4) is 0 Å². The largest absolute Gasteiger partial charge is 0.385 e. The maximum absolute atomic E-state index is 13.2. The molecule has 7 heteroatoms. The first-order chi connectivity index (χ1) is 14.0. The number of nitrogens with one attached hydrogen (secondary N) is 1. The molecule has 1 aromatic heterocycles. The van der Waals surface area contributed by atoms with E-state index in [1.165, 1.54) is 11.8 Å². The fraction of sp³-hybridized carbons (Fsp3) is 0.318. The van der Waals surface area contributed by atoms with Crippen LogP contribution >= 0.6 is 11.8 Å². The number of carbonyl (C=O) groups excluding carboxylic acids is 1. The molecular formula is C22H25N3O3S. The predicted octanol–water partition coefficient (Wildman–Crippen LogP) is 3.25. The van der Waals surface area contributed by atoms with Gasteiger partial charge in [0.15, 0.2) is 5.16 Å². The molecular weight excluding hydrogens is 386 g/mol. The van der Waals surface area contributed by atoms with Gasteiger partial charge in [-0.2, -0.15) is 0 Å². The number of carbonyl (C=O) groups is 1. The molecule has 1 heterocycles. The molecule has 1 amide bonds. The Labute approximate surface area is 174 Å². The zero-order valence-electron chi connectivity index (χ0n) is 16.9. The summed E-state index contributed by atoms with van der Waals surface area (Å²) in [5.74, 6) is 0.0861. The number of thioether (sulfide) groups is 1. The Morgan fingerprint density at radius 3 is 2.72 bits per heavy atom. The van der Waals surface area contributed by atoms with Crippen LogP contribution in [0.5, 0.6) is 0 Å². The van der Waals surface area contributed by atoms with Gasteiger partial charge in [0.05, 0.1) is 22.3 Å². The third-order valence-electron chi connectivity index (χ3n) is 4.67. The molecule has 0 aliphatic heterocycles. The number of ether oxygens (including phenoxy) is 1. The Kier molecular flexibility index (Phi) is 7.06. The number of benzene rings is 2. The van der Waals surface area contributed by atoms with Gasteiger partial charge in [0.1, 0.15) is 0 Å². The minimum atomic E-state index is -0.137. The Hall–Kier alpha value is -2.64. The van der Waals surface area contributed by atoms with Crippen LogP contribution in [-0.4, -0.2) is 41.5 Å². The van der Waals surface area contributed by atoms with Crippen molar-refractivity contribution in [3.63, 3.8) is 0 Å². The van der Waals surface area contributed by atoms with Gasteiger partial charge in [-0.05, 0) is 55.7 Å². The summed E-state index contributed by atoms with van der Waals surface area (Å²) in [6, 6.07) is 13.2. The second-order valence-corrected chi connectivity index (χ2v) is 7.75. The number of fused-ring (bicyclic) bond motifs is 1. The topological polar surface area (TPSA) is 73.2 Å². The van der Waals surface area contributed by atoms with Gasteiger partial charge < -0.3 is 10.1 Å². The van der Waals surface area contributed by atoms with Crippen molar-refractivity contribution in [3.8, 4) is 5.69 Å². The number of rotatable bonds is 8. The summed E-state index contributed by atoms with van der Waals surface area (Å²) in [5.41, 5.74) is 3.48. The average molecular weight is 412 g/mol. The van der Waals surface area contributed by atoms with Crippen molar-refractivity contribution in [2.75, 3.05) is 26.0 Å². The van der Waals surface area contributed by atoms with E-state index in [0.717, 1.165) is 23.2 Å². The van der Waals surface area contributed by atoms with Crippen LogP contribution in [-0.2, 0) is 9.53 Å². The van der Waals surface area contributed by atoms with Gasteiger partial charge in [-0.3, -0.25) is 14.2 Å². The molecule has 0 fully saturated rings. The van der Waals surface area contributed by atoms with E-state index >= 15 is 0 Å². The highest BCUT2D eigenvalue weighted by molar-refractivity contribution is 7.99. The number of hydrogen-bond acceptors (Lipinski definition) is 5. The molecule has 0 aliphatic carbocycles. The molecule has 0 unspecified atom stereocenters. The maximum Gasteiger partial charge on any atom is 0.266 e. The number of aromatic nitrogens is 2. The van der Waals surface area contributed by atoms with Crippen molar-refractivity contribution in [2.45, 2.75) is 25.4 Å². The SMILES string of the molecule is COCCCNC(=O)CSc1nc2ccccc2c(=O)n1-c1ccc(C)c(C)c1. The van der Waals surface area contributed by atoms with E-state index in [0.29, 0.717) is 29.2 Å². The number of aryl methyl sites for hydroxylation is 2. The lowest BCUT2D eigenvalue weighted by atomic mass is 10.1. The van der Waals surface area contributed by atoms with Crippen LogP contribution in [0.15, 0.2) is 52.4 Å². The molecule has 0 atom stereocenters. The van der Waals surface area contributed by atoms with Gasteiger partial charge in [0.25, 0.3) is 5.56 Å². The van der Waals surface area contributed by atoms with Gasteiger partial charge in [-0.1, -0.05) is 30.0 Å². The molecule has 0 spiro atoms. The normalized spacial score (nSPS) is 11.0. The van der Waals surface area contributed by atoms with Gasteiger partial charge >= 0.3 is 0 Å². The molecule has 2 aromatic carbocycles. The number of nitrogens with zero attached hydrogens (tertiary/aromatic N) is 2. The van der Waals surface area contributed by atoms with Crippen molar-refractivity contribution in [3.05, 3.63) is 63.9 Å². The predicted molar refractivity (Wildman–Crippen MR) is 117 cm³/mol.